The summed E-state index contributed by atoms with van der Waals surface area (Å²) in [6.07, 6.45) is 6.65. The molecule has 162 valence electrons. The lowest BCUT2D eigenvalue weighted by Crippen LogP contribution is -2.32. The van der Waals surface area contributed by atoms with E-state index in [-0.39, 0.29) is 11.7 Å². The molecule has 0 amide bonds. The molecule has 0 saturated carbocycles. The van der Waals surface area contributed by atoms with Gasteiger partial charge in [-0.15, -0.1) is 0 Å². The van der Waals surface area contributed by atoms with E-state index in [1.54, 1.807) is 30.9 Å². The van der Waals surface area contributed by atoms with Crippen LogP contribution in [0, 0.1) is 5.82 Å². The van der Waals surface area contributed by atoms with E-state index in [0.29, 0.717) is 23.0 Å². The number of para-hydroxylation sites is 1. The molecule has 0 spiro atoms. The summed E-state index contributed by atoms with van der Waals surface area (Å²) in [6, 6.07) is 12.7. The Morgan fingerprint density at radius 1 is 0.909 bits per heavy atom. The quantitative estimate of drug-likeness (QED) is 0.418. The molecule has 8 heteroatoms. The van der Waals surface area contributed by atoms with E-state index in [0.717, 1.165) is 22.4 Å². The van der Waals surface area contributed by atoms with Gasteiger partial charge in [0.15, 0.2) is 22.9 Å². The Morgan fingerprint density at radius 2 is 1.73 bits per heavy atom. The summed E-state index contributed by atoms with van der Waals surface area (Å²) < 4.78 is 20.9. The van der Waals surface area contributed by atoms with Crippen LogP contribution in [0.15, 0.2) is 67.3 Å². The molecule has 6 rings (SSSR count). The number of ether oxygens (including phenoxy) is 1. The fourth-order valence-corrected chi connectivity index (χ4v) is 4.53. The molecular formula is C25H19FN6O. The fourth-order valence-electron chi connectivity index (χ4n) is 4.53. The van der Waals surface area contributed by atoms with Crippen LogP contribution in [-0.2, 0) is 5.41 Å². The number of hydrogen-bond acceptors (Lipinski definition) is 6. The Labute approximate surface area is 188 Å². The van der Waals surface area contributed by atoms with Gasteiger partial charge in [0.2, 0.25) is 5.88 Å². The van der Waals surface area contributed by atoms with E-state index in [9.17, 15) is 4.39 Å². The van der Waals surface area contributed by atoms with Crippen LogP contribution in [-0.4, -0.2) is 29.9 Å². The average Bonchev–Trinajstić information content (AvgIpc) is 3.29. The van der Waals surface area contributed by atoms with Crippen LogP contribution in [0.5, 0.6) is 11.6 Å². The van der Waals surface area contributed by atoms with Gasteiger partial charge in [-0.05, 0) is 24.3 Å². The number of imidazole rings is 1. The van der Waals surface area contributed by atoms with Gasteiger partial charge < -0.3 is 9.72 Å². The molecule has 0 radical (unpaired) electrons. The molecule has 7 nitrogen and oxygen atoms in total. The molecule has 0 fully saturated rings. The van der Waals surface area contributed by atoms with Crippen molar-refractivity contribution in [2.75, 3.05) is 0 Å². The lowest BCUT2D eigenvalue weighted by atomic mass is 9.69. The maximum absolute atomic E-state index is 14.9. The average molecular weight is 438 g/mol. The standard InChI is InChI=1S/C25H19FN6O/c1-25(2,24-31-21-22(32-24)29-13-12-28-21)19-15-4-3-5-17(26)20(15)33-23-16(19)6-7-18(30-23)14-8-10-27-11-9-14/h3-13,19H,1-2H3,(H,28,29,31,32). The number of pyridine rings is 2. The minimum Gasteiger partial charge on any atom is -0.435 e. The second-order valence-electron chi connectivity index (χ2n) is 8.56. The van der Waals surface area contributed by atoms with Gasteiger partial charge in [-0.3, -0.25) is 4.98 Å². The first-order chi connectivity index (χ1) is 16.0. The number of halogens is 1. The van der Waals surface area contributed by atoms with Gasteiger partial charge in [-0.25, -0.2) is 24.3 Å². The third kappa shape index (κ3) is 3.06. The van der Waals surface area contributed by atoms with Gasteiger partial charge in [0.25, 0.3) is 0 Å². The van der Waals surface area contributed by atoms with Crippen LogP contribution in [0.4, 0.5) is 4.39 Å². The largest absolute Gasteiger partial charge is 0.435 e. The summed E-state index contributed by atoms with van der Waals surface area (Å²) >= 11 is 0. The van der Waals surface area contributed by atoms with Crippen molar-refractivity contribution < 1.29 is 9.13 Å². The number of aromatic nitrogens is 6. The highest BCUT2D eigenvalue weighted by molar-refractivity contribution is 5.66. The smallest absolute Gasteiger partial charge is 0.223 e. The van der Waals surface area contributed by atoms with Crippen LogP contribution >= 0.6 is 0 Å². The highest BCUT2D eigenvalue weighted by Gasteiger charge is 2.43. The van der Waals surface area contributed by atoms with Crippen molar-refractivity contribution in [1.29, 1.82) is 0 Å². The maximum atomic E-state index is 14.9. The minimum atomic E-state index is -0.580. The molecule has 5 heterocycles. The van der Waals surface area contributed by atoms with E-state index < -0.39 is 11.2 Å². The van der Waals surface area contributed by atoms with Crippen molar-refractivity contribution in [3.05, 3.63) is 90.0 Å². The lowest BCUT2D eigenvalue weighted by Gasteiger charge is -2.37. The minimum absolute atomic E-state index is 0.190. The van der Waals surface area contributed by atoms with Gasteiger partial charge in [0.05, 0.1) is 5.69 Å². The summed E-state index contributed by atoms with van der Waals surface area (Å²) in [6.45, 7) is 4.13. The zero-order chi connectivity index (χ0) is 22.6. The van der Waals surface area contributed by atoms with E-state index in [2.05, 4.69) is 33.8 Å². The number of H-pyrrole nitrogens is 1. The Kier molecular flexibility index (Phi) is 4.23. The number of benzene rings is 1. The molecule has 0 aliphatic carbocycles. The molecule has 1 atom stereocenters. The predicted octanol–water partition coefficient (Wildman–Crippen LogP) is 5.16. The number of aromatic amines is 1. The highest BCUT2D eigenvalue weighted by atomic mass is 19.1. The Balaban J connectivity index is 1.55. The SMILES string of the molecule is CC(C)(c1nc2nccnc2[nH]1)C1c2ccc(-c3ccncc3)nc2Oc2c(F)cccc21. The highest BCUT2D eigenvalue weighted by Crippen LogP contribution is 2.52. The van der Waals surface area contributed by atoms with Gasteiger partial charge in [0.1, 0.15) is 5.82 Å². The van der Waals surface area contributed by atoms with E-state index in [1.165, 1.54) is 6.07 Å². The summed E-state index contributed by atoms with van der Waals surface area (Å²) in [5.74, 6) is 0.576. The molecule has 1 aromatic carbocycles. The number of nitrogens with zero attached hydrogens (tertiary/aromatic N) is 5. The third-order valence-electron chi connectivity index (χ3n) is 6.15. The van der Waals surface area contributed by atoms with Crippen LogP contribution in [0.1, 0.15) is 36.7 Å². The molecule has 1 unspecified atom stereocenters. The number of hydrogen-bond donors (Lipinski definition) is 1. The van der Waals surface area contributed by atoms with Crippen molar-refractivity contribution in [1.82, 2.24) is 29.9 Å². The maximum Gasteiger partial charge on any atom is 0.223 e. The Hall–Kier alpha value is -4.20. The van der Waals surface area contributed by atoms with Gasteiger partial charge >= 0.3 is 0 Å². The summed E-state index contributed by atoms with van der Waals surface area (Å²) in [5.41, 5.74) is 3.80. The first-order valence-electron chi connectivity index (χ1n) is 10.6. The number of fused-ring (bicyclic) bond motifs is 3. The van der Waals surface area contributed by atoms with Crippen LogP contribution in [0.3, 0.4) is 0 Å². The first kappa shape index (κ1) is 19.5. The molecular weight excluding hydrogens is 419 g/mol. The molecule has 1 aliphatic rings. The van der Waals surface area contributed by atoms with Gasteiger partial charge in [0, 0.05) is 52.8 Å². The predicted molar refractivity (Wildman–Crippen MR) is 120 cm³/mol. The second kappa shape index (κ2) is 7.16. The summed E-state index contributed by atoms with van der Waals surface area (Å²) in [5, 5.41) is 0. The topological polar surface area (TPSA) is 89.5 Å². The van der Waals surface area contributed by atoms with Gasteiger partial charge in [-0.2, -0.15) is 0 Å². The normalized spacial score (nSPS) is 15.1. The van der Waals surface area contributed by atoms with Crippen LogP contribution in [0.2, 0.25) is 0 Å². The molecule has 1 N–H and O–H groups in total. The number of rotatable bonds is 3. The number of nitrogens with one attached hydrogen (secondary N) is 1. The van der Waals surface area contributed by atoms with Crippen molar-refractivity contribution in [3.63, 3.8) is 0 Å². The zero-order valence-electron chi connectivity index (χ0n) is 18.0. The lowest BCUT2D eigenvalue weighted by molar-refractivity contribution is 0.353. The molecule has 4 aromatic heterocycles. The Bertz CT molecular complexity index is 1460. The second-order valence-corrected chi connectivity index (χ2v) is 8.56. The first-order valence-corrected chi connectivity index (χ1v) is 10.6. The van der Waals surface area contributed by atoms with Crippen molar-refractivity contribution >= 4 is 11.3 Å². The van der Waals surface area contributed by atoms with Crippen molar-refractivity contribution in [2.24, 2.45) is 0 Å². The Morgan fingerprint density at radius 3 is 2.55 bits per heavy atom. The van der Waals surface area contributed by atoms with E-state index in [4.69, 9.17) is 14.7 Å². The zero-order valence-corrected chi connectivity index (χ0v) is 18.0. The molecule has 33 heavy (non-hydrogen) atoms. The molecule has 5 aromatic rings. The summed E-state index contributed by atoms with van der Waals surface area (Å²) in [7, 11) is 0. The van der Waals surface area contributed by atoms with E-state index >= 15 is 0 Å². The van der Waals surface area contributed by atoms with E-state index in [1.807, 2.05) is 30.3 Å². The monoisotopic (exact) mass is 438 g/mol. The summed E-state index contributed by atoms with van der Waals surface area (Å²) in [4.78, 5) is 25.4. The van der Waals surface area contributed by atoms with Crippen molar-refractivity contribution in [3.8, 4) is 22.9 Å². The molecule has 1 aliphatic heterocycles. The van der Waals surface area contributed by atoms with Crippen LogP contribution in [0.25, 0.3) is 22.6 Å². The van der Waals surface area contributed by atoms with Gasteiger partial charge in [-0.1, -0.05) is 32.0 Å². The van der Waals surface area contributed by atoms with Crippen molar-refractivity contribution in [2.45, 2.75) is 25.2 Å². The fraction of sp³-hybridized carbons (Fsp3) is 0.160. The van der Waals surface area contributed by atoms with Crippen LogP contribution < -0.4 is 4.74 Å². The molecule has 0 bridgehead atoms. The molecule has 0 saturated heterocycles. The third-order valence-corrected chi connectivity index (χ3v) is 6.15.